The summed E-state index contributed by atoms with van der Waals surface area (Å²) in [6.07, 6.45) is -1.13. The van der Waals surface area contributed by atoms with Gasteiger partial charge in [0.2, 0.25) is 5.88 Å². The van der Waals surface area contributed by atoms with E-state index < -0.39 is 50.6 Å². The third kappa shape index (κ3) is 9.06. The number of hydrogen-bond donors (Lipinski definition) is 2. The summed E-state index contributed by atoms with van der Waals surface area (Å²) in [5, 5.41) is 13.1. The van der Waals surface area contributed by atoms with Crippen LogP contribution in [0.3, 0.4) is 0 Å². The van der Waals surface area contributed by atoms with Gasteiger partial charge in [-0.1, -0.05) is 35.9 Å². The summed E-state index contributed by atoms with van der Waals surface area (Å²) in [7, 11) is -4.49. The van der Waals surface area contributed by atoms with Crippen LogP contribution < -0.4 is 14.4 Å². The molecule has 1 aliphatic carbocycles. The van der Waals surface area contributed by atoms with Gasteiger partial charge < -0.3 is 19.6 Å². The zero-order chi connectivity index (χ0) is 38.8. The molecule has 2 fully saturated rings. The van der Waals surface area contributed by atoms with Crippen molar-refractivity contribution in [3.8, 4) is 11.7 Å². The number of anilines is 2. The van der Waals surface area contributed by atoms with E-state index in [-0.39, 0.29) is 47.8 Å². The number of carbonyl (C=O) groups excluding carboxylic acids is 1. The molecule has 2 amide bonds. The fourth-order valence-electron chi connectivity index (χ4n) is 6.89. The molecule has 18 heteroatoms. The van der Waals surface area contributed by atoms with Gasteiger partial charge >= 0.3 is 12.3 Å². The normalized spacial score (nSPS) is 19.4. The lowest BCUT2D eigenvalue weighted by molar-refractivity contribution is -0.151. The monoisotopic (exact) mass is 789 g/mol. The molecule has 1 aromatic carbocycles. The highest BCUT2D eigenvalue weighted by Crippen LogP contribution is 2.51. The van der Waals surface area contributed by atoms with Crippen molar-refractivity contribution in [2.24, 2.45) is 17.8 Å². The number of carboxylic acid groups (broad SMARTS) is 1. The molecule has 4 heterocycles. The first-order chi connectivity index (χ1) is 25.5. The minimum atomic E-state index is -4.49. The van der Waals surface area contributed by atoms with Crippen LogP contribution in [0.15, 0.2) is 78.0 Å². The molecular formula is C36H39ClF3N7O6S. The number of rotatable bonds is 14. The van der Waals surface area contributed by atoms with Gasteiger partial charge in [-0.05, 0) is 94.2 Å². The Kier molecular flexibility index (Phi) is 11.1. The van der Waals surface area contributed by atoms with Crippen LogP contribution in [0.1, 0.15) is 56.3 Å². The first-order valence-electron chi connectivity index (χ1n) is 17.3. The number of aromatic nitrogens is 4. The van der Waals surface area contributed by atoms with Crippen LogP contribution in [0.4, 0.5) is 29.5 Å². The Balaban J connectivity index is 1.09. The van der Waals surface area contributed by atoms with Gasteiger partial charge in [-0.3, -0.25) is 4.79 Å². The van der Waals surface area contributed by atoms with E-state index in [9.17, 15) is 36.3 Å². The fourth-order valence-corrected chi connectivity index (χ4v) is 8.05. The van der Waals surface area contributed by atoms with Gasteiger partial charge in [0.05, 0.1) is 18.1 Å². The number of halogens is 4. The molecule has 0 spiro atoms. The third-order valence-corrected chi connectivity index (χ3v) is 11.2. The molecule has 2 aliphatic rings. The van der Waals surface area contributed by atoms with Gasteiger partial charge in [0.15, 0.2) is 10.8 Å². The number of para-hydroxylation sites is 1. The van der Waals surface area contributed by atoms with Crippen LogP contribution in [0.5, 0.6) is 5.88 Å². The molecule has 3 aromatic heterocycles. The summed E-state index contributed by atoms with van der Waals surface area (Å²) in [6.45, 7) is 4.81. The van der Waals surface area contributed by atoms with Crippen molar-refractivity contribution in [1.29, 1.82) is 0 Å². The van der Waals surface area contributed by atoms with E-state index in [4.69, 9.17) is 16.3 Å². The Morgan fingerprint density at radius 1 is 1.06 bits per heavy atom. The molecule has 0 radical (unpaired) electrons. The Labute approximate surface area is 315 Å². The topological polar surface area (TPSA) is 160 Å². The third-order valence-electron chi connectivity index (χ3n) is 9.70. The molecule has 288 valence electrons. The fraction of sp³-hybridized carbons (Fsp3) is 0.417. The number of benzene rings is 1. The van der Waals surface area contributed by atoms with Gasteiger partial charge in [-0.15, -0.1) is 5.10 Å². The molecule has 2 N–H and O–H groups in total. The maximum absolute atomic E-state index is 13.5. The Morgan fingerprint density at radius 3 is 2.48 bits per heavy atom. The largest absolute Gasteiger partial charge is 0.477 e. The maximum Gasteiger partial charge on any atom is 0.407 e. The van der Waals surface area contributed by atoms with Crippen molar-refractivity contribution in [3.63, 3.8) is 0 Å². The second kappa shape index (κ2) is 15.5. The lowest BCUT2D eigenvalue weighted by atomic mass is 9.93. The highest BCUT2D eigenvalue weighted by Gasteiger charge is 2.55. The second-order valence-corrected chi connectivity index (χ2v) is 16.0. The minimum Gasteiger partial charge on any atom is -0.477 e. The van der Waals surface area contributed by atoms with E-state index in [1.54, 1.807) is 6.07 Å². The minimum absolute atomic E-state index is 0.0618. The van der Waals surface area contributed by atoms with Gasteiger partial charge in [0.25, 0.3) is 15.9 Å². The Bertz CT molecular complexity index is 2100. The quantitative estimate of drug-likeness (QED) is 0.126. The van der Waals surface area contributed by atoms with Crippen LogP contribution >= 0.6 is 11.6 Å². The first kappa shape index (κ1) is 38.8. The molecule has 6 rings (SSSR count). The molecule has 4 aromatic rings. The lowest BCUT2D eigenvalue weighted by Gasteiger charge is -2.28. The molecule has 1 saturated heterocycles. The zero-order valence-electron chi connectivity index (χ0n) is 29.4. The smallest absolute Gasteiger partial charge is 0.407 e. The summed E-state index contributed by atoms with van der Waals surface area (Å²) >= 11 is 6.32. The molecular weight excluding hydrogens is 751 g/mol. The van der Waals surface area contributed by atoms with Crippen molar-refractivity contribution in [1.82, 2.24) is 29.4 Å². The van der Waals surface area contributed by atoms with Crippen molar-refractivity contribution in [2.75, 3.05) is 24.6 Å². The summed E-state index contributed by atoms with van der Waals surface area (Å²) in [4.78, 5) is 36.8. The molecule has 1 saturated carbocycles. The Morgan fingerprint density at radius 2 is 1.81 bits per heavy atom. The predicted octanol–water partition coefficient (Wildman–Crippen LogP) is 7.10. The van der Waals surface area contributed by atoms with Crippen LogP contribution in [0, 0.1) is 17.8 Å². The van der Waals surface area contributed by atoms with Crippen molar-refractivity contribution < 1.29 is 41.0 Å². The lowest BCUT2D eigenvalue weighted by Crippen LogP contribution is -2.41. The molecule has 2 unspecified atom stereocenters. The summed E-state index contributed by atoms with van der Waals surface area (Å²) in [6, 6.07) is 17.9. The number of amides is 2. The van der Waals surface area contributed by atoms with Crippen LogP contribution in [0.25, 0.3) is 5.82 Å². The number of carbonyl (C=O) groups is 2. The van der Waals surface area contributed by atoms with Crippen LogP contribution in [-0.2, 0) is 10.0 Å². The number of likely N-dealkylation sites (tertiary alicyclic amines) is 1. The SMILES string of the molecule is CC1(C)C[C@H](CCCN(c2ccccc2)c2cccc(S(=O)(=O)NC(=O)c3ccc(-n4ccc(OCCC5CC5C(F)(F)F)n4)nc3Cl)n2)CN1C(=O)O. The standard InChI is InChI=1S/C36H39ClF3N7O6S/c1-35(2)21-23(22-46(35)34(49)50)8-7-17-45(25-9-4-3-5-10-25)28-11-6-12-31(41-28)54(51,52)44-33(48)26-13-14-29(42-32(26)37)47-18-15-30(43-47)53-19-16-24-20-27(24)36(38,39)40/h3-6,9-15,18,23-24,27H,7-8,16-17,19-22H2,1-2H3,(H,44,48)(H,49,50)/t23-,24?,27?/m0/s1. The number of hydrogen-bond acceptors (Lipinski definition) is 9. The zero-order valence-corrected chi connectivity index (χ0v) is 31.0. The highest BCUT2D eigenvalue weighted by atomic mass is 35.5. The average Bonchev–Trinajstić information content (AvgIpc) is 3.64. The first-order valence-corrected chi connectivity index (χ1v) is 19.2. The second-order valence-electron chi connectivity index (χ2n) is 14.1. The number of nitrogens with one attached hydrogen (secondary N) is 1. The van der Waals surface area contributed by atoms with Gasteiger partial charge in [0, 0.05) is 36.6 Å². The maximum atomic E-state index is 13.5. The molecule has 0 bridgehead atoms. The van der Waals surface area contributed by atoms with Crippen molar-refractivity contribution in [3.05, 3.63) is 83.6 Å². The molecule has 1 aliphatic heterocycles. The van der Waals surface area contributed by atoms with E-state index in [0.29, 0.717) is 25.3 Å². The molecule has 54 heavy (non-hydrogen) atoms. The van der Waals surface area contributed by atoms with Crippen molar-refractivity contribution in [2.45, 2.75) is 62.7 Å². The van der Waals surface area contributed by atoms with E-state index >= 15 is 0 Å². The summed E-state index contributed by atoms with van der Waals surface area (Å²) in [5.41, 5.74) is 0.0870. The van der Waals surface area contributed by atoms with E-state index in [0.717, 1.165) is 18.5 Å². The van der Waals surface area contributed by atoms with E-state index in [2.05, 4.69) is 15.1 Å². The van der Waals surface area contributed by atoms with Crippen molar-refractivity contribution >= 4 is 45.1 Å². The number of sulfonamides is 1. The summed E-state index contributed by atoms with van der Waals surface area (Å²) < 4.78 is 74.0. The average molecular weight is 790 g/mol. The molecule has 3 atom stereocenters. The van der Waals surface area contributed by atoms with Gasteiger partial charge in [0.1, 0.15) is 11.0 Å². The Hall–Kier alpha value is -4.90. The molecule has 13 nitrogen and oxygen atoms in total. The van der Waals surface area contributed by atoms with Crippen LogP contribution in [0.2, 0.25) is 5.15 Å². The van der Waals surface area contributed by atoms with Crippen LogP contribution in [-0.4, -0.2) is 81.6 Å². The number of nitrogens with zero attached hydrogens (tertiary/aromatic N) is 6. The predicted molar refractivity (Wildman–Crippen MR) is 193 cm³/mol. The van der Waals surface area contributed by atoms with Gasteiger partial charge in [-0.2, -0.15) is 21.6 Å². The van der Waals surface area contributed by atoms with E-state index in [1.807, 2.05) is 53.8 Å². The summed E-state index contributed by atoms with van der Waals surface area (Å²) in [5.74, 6) is -1.93. The number of ether oxygens (including phenoxy) is 1. The van der Waals surface area contributed by atoms with Gasteiger partial charge in [-0.25, -0.2) is 24.2 Å². The number of alkyl halides is 3. The highest BCUT2D eigenvalue weighted by molar-refractivity contribution is 7.90. The van der Waals surface area contributed by atoms with E-state index in [1.165, 1.54) is 46.1 Å². The number of pyridine rings is 2.